The minimum Gasteiger partial charge on any atom is -0.462 e. The van der Waals surface area contributed by atoms with Crippen molar-refractivity contribution in [1.82, 2.24) is 4.98 Å². The molecule has 2 N–H and O–H groups in total. The zero-order chi connectivity index (χ0) is 20.6. The Balaban J connectivity index is 1.71. The zero-order valence-electron chi connectivity index (χ0n) is 16.4. The van der Waals surface area contributed by atoms with Crippen LogP contribution >= 0.6 is 0 Å². The number of hydrogen-bond donors (Lipinski definition) is 2. The number of aryl methyl sites for hydroxylation is 1. The number of hydrogen-bond acceptors (Lipinski definition) is 5. The predicted molar refractivity (Wildman–Crippen MR) is 113 cm³/mol. The highest BCUT2D eigenvalue weighted by molar-refractivity contribution is 6.07. The molecule has 2 aromatic carbocycles. The van der Waals surface area contributed by atoms with E-state index in [9.17, 15) is 9.59 Å². The van der Waals surface area contributed by atoms with E-state index < -0.39 is 11.9 Å². The molecule has 0 aliphatic rings. The van der Waals surface area contributed by atoms with Crippen molar-refractivity contribution in [2.75, 3.05) is 17.2 Å². The number of para-hydroxylation sites is 1. The number of carbonyl (C=O) groups excluding carboxylic acids is 2. The van der Waals surface area contributed by atoms with Crippen LogP contribution in [0.15, 0.2) is 66.9 Å². The third-order valence-electron chi connectivity index (χ3n) is 4.24. The first-order valence-electron chi connectivity index (χ1n) is 9.40. The number of esters is 1. The number of nitrogens with one attached hydrogen (secondary N) is 2. The predicted octanol–water partition coefficient (Wildman–Crippen LogP) is 4.43. The molecule has 1 heterocycles. The Morgan fingerprint density at radius 2 is 1.86 bits per heavy atom. The average molecular weight is 389 g/mol. The van der Waals surface area contributed by atoms with Crippen LogP contribution in [0.4, 0.5) is 11.4 Å². The summed E-state index contributed by atoms with van der Waals surface area (Å²) in [7, 11) is 0. The Kier molecular flexibility index (Phi) is 6.58. The molecule has 29 heavy (non-hydrogen) atoms. The van der Waals surface area contributed by atoms with E-state index in [-0.39, 0.29) is 12.3 Å². The van der Waals surface area contributed by atoms with Gasteiger partial charge in [-0.2, -0.15) is 0 Å². The minimum atomic E-state index is -0.482. The molecular formula is C23H23N3O3. The van der Waals surface area contributed by atoms with Crippen molar-refractivity contribution in [2.45, 2.75) is 20.4 Å². The average Bonchev–Trinajstić information content (AvgIpc) is 2.73. The number of nitrogens with zero attached hydrogens (tertiary/aromatic N) is 1. The summed E-state index contributed by atoms with van der Waals surface area (Å²) >= 11 is 0. The number of anilines is 2. The number of amides is 1. The smallest absolute Gasteiger partial charge is 0.340 e. The standard InChI is InChI=1S/C23H23N3O3/c1-3-29-23(28)19-9-4-5-10-20(19)26-22(27)21-14-18(11-12-24-21)25-15-17-8-6-7-16(2)13-17/h4-14H,3,15H2,1-2H3,(H,24,25)(H,26,27). The lowest BCUT2D eigenvalue weighted by Gasteiger charge is -2.11. The van der Waals surface area contributed by atoms with Crippen molar-refractivity contribution in [3.8, 4) is 0 Å². The molecule has 0 fully saturated rings. The molecule has 0 spiro atoms. The summed E-state index contributed by atoms with van der Waals surface area (Å²) < 4.78 is 5.04. The minimum absolute atomic E-state index is 0.248. The van der Waals surface area contributed by atoms with Gasteiger partial charge in [0, 0.05) is 18.4 Å². The van der Waals surface area contributed by atoms with Gasteiger partial charge in [-0.05, 0) is 43.7 Å². The van der Waals surface area contributed by atoms with Crippen LogP contribution in [0.2, 0.25) is 0 Å². The highest BCUT2D eigenvalue weighted by Crippen LogP contribution is 2.18. The van der Waals surface area contributed by atoms with Crippen molar-refractivity contribution >= 4 is 23.3 Å². The van der Waals surface area contributed by atoms with Gasteiger partial charge < -0.3 is 15.4 Å². The van der Waals surface area contributed by atoms with Crippen LogP contribution in [-0.4, -0.2) is 23.5 Å². The number of pyridine rings is 1. The summed E-state index contributed by atoms with van der Waals surface area (Å²) in [5.74, 6) is -0.883. The van der Waals surface area contributed by atoms with Crippen LogP contribution in [0.5, 0.6) is 0 Å². The molecule has 6 nitrogen and oxygen atoms in total. The SMILES string of the molecule is CCOC(=O)c1ccccc1NC(=O)c1cc(NCc2cccc(C)c2)ccn1. The second-order valence-electron chi connectivity index (χ2n) is 6.49. The summed E-state index contributed by atoms with van der Waals surface area (Å²) in [5, 5.41) is 6.04. The van der Waals surface area contributed by atoms with Gasteiger partial charge in [-0.1, -0.05) is 42.0 Å². The first kappa shape index (κ1) is 20.1. The highest BCUT2D eigenvalue weighted by atomic mass is 16.5. The van der Waals surface area contributed by atoms with Gasteiger partial charge in [-0.25, -0.2) is 4.79 Å². The zero-order valence-corrected chi connectivity index (χ0v) is 16.4. The molecule has 0 radical (unpaired) electrons. The lowest BCUT2D eigenvalue weighted by molar-refractivity contribution is 0.0527. The van der Waals surface area contributed by atoms with Gasteiger partial charge in [0.15, 0.2) is 0 Å². The lowest BCUT2D eigenvalue weighted by atomic mass is 10.1. The lowest BCUT2D eigenvalue weighted by Crippen LogP contribution is -2.17. The van der Waals surface area contributed by atoms with Crippen molar-refractivity contribution < 1.29 is 14.3 Å². The van der Waals surface area contributed by atoms with Gasteiger partial charge in [-0.15, -0.1) is 0 Å². The molecule has 1 aromatic heterocycles. The normalized spacial score (nSPS) is 10.3. The molecule has 1 amide bonds. The van der Waals surface area contributed by atoms with Gasteiger partial charge >= 0.3 is 5.97 Å². The Bertz CT molecular complexity index is 1020. The molecule has 0 saturated heterocycles. The Labute approximate surface area is 169 Å². The van der Waals surface area contributed by atoms with E-state index in [2.05, 4.69) is 21.7 Å². The van der Waals surface area contributed by atoms with E-state index >= 15 is 0 Å². The molecule has 6 heteroatoms. The number of rotatable bonds is 7. The van der Waals surface area contributed by atoms with Gasteiger partial charge in [0.25, 0.3) is 5.91 Å². The van der Waals surface area contributed by atoms with Crippen LogP contribution in [0.25, 0.3) is 0 Å². The van der Waals surface area contributed by atoms with E-state index in [4.69, 9.17) is 4.74 Å². The fourth-order valence-corrected chi connectivity index (χ4v) is 2.86. The fraction of sp³-hybridized carbons (Fsp3) is 0.174. The third kappa shape index (κ3) is 5.42. The van der Waals surface area contributed by atoms with Crippen LogP contribution < -0.4 is 10.6 Å². The molecule has 0 atom stereocenters. The fourth-order valence-electron chi connectivity index (χ4n) is 2.86. The van der Waals surface area contributed by atoms with Crippen molar-refractivity contribution in [1.29, 1.82) is 0 Å². The van der Waals surface area contributed by atoms with Crippen molar-refractivity contribution in [3.05, 3.63) is 89.2 Å². The van der Waals surface area contributed by atoms with Crippen molar-refractivity contribution in [2.24, 2.45) is 0 Å². The number of ether oxygens (including phenoxy) is 1. The van der Waals surface area contributed by atoms with E-state index in [1.165, 1.54) is 5.56 Å². The van der Waals surface area contributed by atoms with E-state index in [0.717, 1.165) is 11.3 Å². The maximum Gasteiger partial charge on any atom is 0.340 e. The number of benzene rings is 2. The third-order valence-corrected chi connectivity index (χ3v) is 4.24. The largest absolute Gasteiger partial charge is 0.462 e. The topological polar surface area (TPSA) is 80.3 Å². The first-order valence-corrected chi connectivity index (χ1v) is 9.40. The molecule has 0 bridgehead atoms. The summed E-state index contributed by atoms with van der Waals surface area (Å²) in [6.45, 7) is 4.68. The Hall–Kier alpha value is -3.67. The molecule has 3 rings (SSSR count). The van der Waals surface area contributed by atoms with Gasteiger partial charge in [-0.3, -0.25) is 9.78 Å². The Morgan fingerprint density at radius 3 is 2.66 bits per heavy atom. The molecule has 0 saturated carbocycles. The van der Waals surface area contributed by atoms with Crippen LogP contribution in [0, 0.1) is 6.92 Å². The number of carbonyl (C=O) groups is 2. The molecule has 0 unspecified atom stereocenters. The maximum atomic E-state index is 12.7. The first-order chi connectivity index (χ1) is 14.1. The summed E-state index contributed by atoms with van der Waals surface area (Å²) in [5.41, 5.74) is 4.06. The van der Waals surface area contributed by atoms with Crippen LogP contribution in [0.3, 0.4) is 0 Å². The van der Waals surface area contributed by atoms with E-state index in [1.807, 2.05) is 25.1 Å². The number of aromatic nitrogens is 1. The van der Waals surface area contributed by atoms with Crippen molar-refractivity contribution in [3.63, 3.8) is 0 Å². The molecule has 3 aromatic rings. The van der Waals surface area contributed by atoms with E-state index in [0.29, 0.717) is 17.8 Å². The van der Waals surface area contributed by atoms with Gasteiger partial charge in [0.05, 0.1) is 17.9 Å². The maximum absolute atomic E-state index is 12.7. The van der Waals surface area contributed by atoms with E-state index in [1.54, 1.807) is 49.5 Å². The molecule has 0 aliphatic heterocycles. The molecule has 148 valence electrons. The summed E-state index contributed by atoms with van der Waals surface area (Å²) in [6.07, 6.45) is 1.57. The Morgan fingerprint density at radius 1 is 1.03 bits per heavy atom. The second-order valence-corrected chi connectivity index (χ2v) is 6.49. The summed E-state index contributed by atoms with van der Waals surface area (Å²) in [6, 6.07) is 18.4. The quantitative estimate of drug-likeness (QED) is 0.584. The summed E-state index contributed by atoms with van der Waals surface area (Å²) in [4.78, 5) is 28.9. The van der Waals surface area contributed by atoms with Crippen LogP contribution in [0.1, 0.15) is 38.9 Å². The molecule has 0 aliphatic carbocycles. The van der Waals surface area contributed by atoms with Gasteiger partial charge in [0.1, 0.15) is 5.69 Å². The van der Waals surface area contributed by atoms with Crippen LogP contribution in [-0.2, 0) is 11.3 Å². The molecular weight excluding hydrogens is 366 g/mol. The highest BCUT2D eigenvalue weighted by Gasteiger charge is 2.15. The second kappa shape index (κ2) is 9.50. The van der Waals surface area contributed by atoms with Gasteiger partial charge in [0.2, 0.25) is 0 Å². The monoisotopic (exact) mass is 389 g/mol.